The van der Waals surface area contributed by atoms with Gasteiger partial charge >= 0.3 is 0 Å². The van der Waals surface area contributed by atoms with E-state index < -0.39 is 5.41 Å². The number of benzene rings is 2. The van der Waals surface area contributed by atoms with Crippen LogP contribution in [-0.4, -0.2) is 13.0 Å². The molecule has 4 heteroatoms. The molecule has 1 N–H and O–H groups in total. The first-order chi connectivity index (χ1) is 12.2. The van der Waals surface area contributed by atoms with Crippen molar-refractivity contribution in [2.75, 3.05) is 12.4 Å². The standard InChI is InChI=1S/C21H24ClNO2/c1-25-15-16-8-3-4-11-19(16)23-20(24)21(12-5-2-6-13-21)17-9-7-10-18(22)14-17/h3-4,7-11,14H,2,5-6,12-13,15H2,1H3,(H,23,24). The van der Waals surface area contributed by atoms with E-state index in [4.69, 9.17) is 16.3 Å². The number of para-hydroxylation sites is 1. The minimum atomic E-state index is -0.511. The third-order valence-electron chi connectivity index (χ3n) is 5.08. The molecular weight excluding hydrogens is 334 g/mol. The monoisotopic (exact) mass is 357 g/mol. The van der Waals surface area contributed by atoms with Crippen LogP contribution in [0.5, 0.6) is 0 Å². The van der Waals surface area contributed by atoms with E-state index in [0.29, 0.717) is 11.6 Å². The zero-order valence-electron chi connectivity index (χ0n) is 14.6. The number of carbonyl (C=O) groups excluding carboxylic acids is 1. The van der Waals surface area contributed by atoms with Gasteiger partial charge in [0.15, 0.2) is 0 Å². The third kappa shape index (κ3) is 3.88. The number of nitrogens with one attached hydrogen (secondary N) is 1. The molecule has 0 aromatic heterocycles. The Morgan fingerprint density at radius 1 is 1.12 bits per heavy atom. The third-order valence-corrected chi connectivity index (χ3v) is 5.32. The summed E-state index contributed by atoms with van der Waals surface area (Å²) in [6.45, 7) is 0.473. The lowest BCUT2D eigenvalue weighted by molar-refractivity contribution is -0.122. The van der Waals surface area contributed by atoms with Crippen LogP contribution in [0, 0.1) is 0 Å². The molecule has 1 amide bonds. The summed E-state index contributed by atoms with van der Waals surface area (Å²) in [6, 6.07) is 15.5. The summed E-state index contributed by atoms with van der Waals surface area (Å²) < 4.78 is 5.25. The van der Waals surface area contributed by atoms with Crippen LogP contribution >= 0.6 is 11.6 Å². The Hall–Kier alpha value is -1.84. The minimum absolute atomic E-state index is 0.0537. The van der Waals surface area contributed by atoms with Crippen molar-refractivity contribution >= 4 is 23.2 Å². The molecule has 0 radical (unpaired) electrons. The van der Waals surface area contributed by atoms with Crippen LogP contribution < -0.4 is 5.32 Å². The lowest BCUT2D eigenvalue weighted by Crippen LogP contribution is -2.42. The zero-order chi connectivity index (χ0) is 17.7. The molecule has 0 unspecified atom stereocenters. The zero-order valence-corrected chi connectivity index (χ0v) is 15.3. The van der Waals surface area contributed by atoms with E-state index in [0.717, 1.165) is 42.5 Å². The van der Waals surface area contributed by atoms with Gasteiger partial charge < -0.3 is 10.1 Å². The van der Waals surface area contributed by atoms with Crippen molar-refractivity contribution in [3.05, 3.63) is 64.7 Å². The first kappa shape index (κ1) is 18.0. The number of hydrogen-bond acceptors (Lipinski definition) is 2. The number of amides is 1. The van der Waals surface area contributed by atoms with E-state index in [1.807, 2.05) is 48.5 Å². The van der Waals surface area contributed by atoms with E-state index in [1.54, 1.807) is 7.11 Å². The number of anilines is 1. The van der Waals surface area contributed by atoms with Crippen LogP contribution in [0.15, 0.2) is 48.5 Å². The van der Waals surface area contributed by atoms with Gasteiger partial charge in [-0.25, -0.2) is 0 Å². The molecule has 132 valence electrons. The van der Waals surface area contributed by atoms with E-state index in [2.05, 4.69) is 5.32 Å². The molecule has 0 heterocycles. The number of rotatable bonds is 5. The Balaban J connectivity index is 1.93. The number of carbonyl (C=O) groups is 1. The van der Waals surface area contributed by atoms with Crippen LogP contribution in [0.2, 0.25) is 5.02 Å². The van der Waals surface area contributed by atoms with Gasteiger partial charge in [0.25, 0.3) is 0 Å². The summed E-state index contributed by atoms with van der Waals surface area (Å²) in [5, 5.41) is 3.84. The van der Waals surface area contributed by atoms with E-state index >= 15 is 0 Å². The Morgan fingerprint density at radius 2 is 1.88 bits per heavy atom. The second-order valence-electron chi connectivity index (χ2n) is 6.70. The van der Waals surface area contributed by atoms with Crippen molar-refractivity contribution in [1.82, 2.24) is 0 Å². The largest absolute Gasteiger partial charge is 0.380 e. The molecule has 1 aliphatic rings. The van der Waals surface area contributed by atoms with Gasteiger partial charge in [0.05, 0.1) is 12.0 Å². The van der Waals surface area contributed by atoms with Gasteiger partial charge in [-0.15, -0.1) is 0 Å². The van der Waals surface area contributed by atoms with Crippen LogP contribution in [0.25, 0.3) is 0 Å². The summed E-state index contributed by atoms with van der Waals surface area (Å²) >= 11 is 6.21. The number of ether oxygens (including phenoxy) is 1. The fraction of sp³-hybridized carbons (Fsp3) is 0.381. The topological polar surface area (TPSA) is 38.3 Å². The lowest BCUT2D eigenvalue weighted by atomic mass is 9.68. The molecule has 0 bridgehead atoms. The lowest BCUT2D eigenvalue weighted by Gasteiger charge is -2.36. The molecule has 0 saturated heterocycles. The average Bonchev–Trinajstić information content (AvgIpc) is 2.64. The predicted octanol–water partition coefficient (Wildman–Crippen LogP) is 5.33. The maximum atomic E-state index is 13.4. The smallest absolute Gasteiger partial charge is 0.235 e. The van der Waals surface area contributed by atoms with E-state index in [9.17, 15) is 4.79 Å². The summed E-state index contributed by atoms with van der Waals surface area (Å²) in [6.07, 6.45) is 4.99. The molecule has 1 aliphatic carbocycles. The SMILES string of the molecule is COCc1ccccc1NC(=O)C1(c2cccc(Cl)c2)CCCCC1. The predicted molar refractivity (Wildman–Crippen MR) is 102 cm³/mol. The minimum Gasteiger partial charge on any atom is -0.380 e. The second-order valence-corrected chi connectivity index (χ2v) is 7.13. The van der Waals surface area contributed by atoms with Crippen molar-refractivity contribution in [1.29, 1.82) is 0 Å². The first-order valence-electron chi connectivity index (χ1n) is 8.80. The molecule has 3 rings (SSSR count). The highest BCUT2D eigenvalue weighted by Crippen LogP contribution is 2.41. The first-order valence-corrected chi connectivity index (χ1v) is 9.18. The van der Waals surface area contributed by atoms with Crippen LogP contribution in [0.3, 0.4) is 0 Å². The Kier molecular flexibility index (Phi) is 5.77. The Bertz CT molecular complexity index is 738. The fourth-order valence-corrected chi connectivity index (χ4v) is 3.94. The Morgan fingerprint density at radius 3 is 2.60 bits per heavy atom. The van der Waals surface area contributed by atoms with Gasteiger partial charge in [-0.1, -0.05) is 61.2 Å². The van der Waals surface area contributed by atoms with Gasteiger partial charge in [-0.2, -0.15) is 0 Å². The molecule has 0 atom stereocenters. The molecule has 25 heavy (non-hydrogen) atoms. The van der Waals surface area contributed by atoms with Crippen molar-refractivity contribution in [3.63, 3.8) is 0 Å². The summed E-state index contributed by atoms with van der Waals surface area (Å²) in [7, 11) is 1.66. The van der Waals surface area contributed by atoms with Crippen molar-refractivity contribution in [3.8, 4) is 0 Å². The highest BCUT2D eigenvalue weighted by Gasteiger charge is 2.41. The highest BCUT2D eigenvalue weighted by atomic mass is 35.5. The quantitative estimate of drug-likeness (QED) is 0.785. The maximum absolute atomic E-state index is 13.4. The van der Waals surface area contributed by atoms with E-state index in [-0.39, 0.29) is 5.91 Å². The maximum Gasteiger partial charge on any atom is 0.235 e. The molecular formula is C21H24ClNO2. The van der Waals surface area contributed by atoms with Gasteiger partial charge in [-0.3, -0.25) is 4.79 Å². The fourth-order valence-electron chi connectivity index (χ4n) is 3.75. The van der Waals surface area contributed by atoms with E-state index in [1.165, 1.54) is 6.42 Å². The second kappa shape index (κ2) is 8.03. The van der Waals surface area contributed by atoms with Crippen LogP contribution in [0.4, 0.5) is 5.69 Å². The van der Waals surface area contributed by atoms with Gasteiger partial charge in [0, 0.05) is 23.4 Å². The summed E-state index contributed by atoms with van der Waals surface area (Å²) in [5.74, 6) is 0.0537. The normalized spacial score (nSPS) is 16.4. The van der Waals surface area contributed by atoms with Crippen LogP contribution in [0.1, 0.15) is 43.2 Å². The molecule has 1 saturated carbocycles. The molecule has 1 fully saturated rings. The van der Waals surface area contributed by atoms with Crippen molar-refractivity contribution < 1.29 is 9.53 Å². The number of hydrogen-bond donors (Lipinski definition) is 1. The van der Waals surface area contributed by atoms with Gasteiger partial charge in [-0.05, 0) is 36.6 Å². The highest BCUT2D eigenvalue weighted by molar-refractivity contribution is 6.30. The molecule has 3 nitrogen and oxygen atoms in total. The molecule has 0 spiro atoms. The molecule has 0 aliphatic heterocycles. The summed E-state index contributed by atoms with van der Waals surface area (Å²) in [5.41, 5.74) is 2.31. The molecule has 2 aromatic carbocycles. The number of halogens is 1. The van der Waals surface area contributed by atoms with Crippen molar-refractivity contribution in [2.24, 2.45) is 0 Å². The number of methoxy groups -OCH3 is 1. The summed E-state index contributed by atoms with van der Waals surface area (Å²) in [4.78, 5) is 13.4. The molecule has 2 aromatic rings. The van der Waals surface area contributed by atoms with Gasteiger partial charge in [0.2, 0.25) is 5.91 Å². The Labute approximate surface area is 154 Å². The van der Waals surface area contributed by atoms with Gasteiger partial charge in [0.1, 0.15) is 0 Å². The average molecular weight is 358 g/mol. The van der Waals surface area contributed by atoms with Crippen molar-refractivity contribution in [2.45, 2.75) is 44.1 Å². The van der Waals surface area contributed by atoms with Crippen LogP contribution in [-0.2, 0) is 21.6 Å².